The third-order valence-corrected chi connectivity index (χ3v) is 10.1. The molecule has 0 radical (unpaired) electrons. The van der Waals surface area contributed by atoms with Crippen LogP contribution >= 0.6 is 34.8 Å². The smallest absolute Gasteiger partial charge is 0.261 e. The van der Waals surface area contributed by atoms with Crippen molar-refractivity contribution in [2.24, 2.45) is 9.98 Å². The molecule has 2 aromatic rings. The van der Waals surface area contributed by atoms with Gasteiger partial charge in [-0.3, -0.25) is 10.4 Å². The molecule has 16 heteroatoms. The fraction of sp³-hybridized carbons (Fsp3) is 0.463. The zero-order valence-corrected chi connectivity index (χ0v) is 34.8. The van der Waals surface area contributed by atoms with Crippen molar-refractivity contribution >= 4 is 57.8 Å². The van der Waals surface area contributed by atoms with Crippen LogP contribution in [0.25, 0.3) is 0 Å². The van der Waals surface area contributed by atoms with Crippen LogP contribution in [0.1, 0.15) is 73.9 Å². The number of hydroxylamine groups is 4. The van der Waals surface area contributed by atoms with E-state index >= 15 is 17.6 Å². The molecule has 0 aliphatic carbocycles. The van der Waals surface area contributed by atoms with Crippen LogP contribution in [-0.4, -0.2) is 82.7 Å². The molecule has 2 N–H and O–H groups in total. The number of methoxy groups -OCH3 is 1. The van der Waals surface area contributed by atoms with Gasteiger partial charge in [-0.1, -0.05) is 48.3 Å². The van der Waals surface area contributed by atoms with E-state index in [-0.39, 0.29) is 71.8 Å². The number of hydrogen-bond acceptors (Lipinski definition) is 9. The number of rotatable bonds is 9. The van der Waals surface area contributed by atoms with Crippen molar-refractivity contribution in [2.75, 3.05) is 20.3 Å². The highest BCUT2D eigenvalue weighted by molar-refractivity contribution is 6.32. The number of fused-ring (bicyclic) bond motifs is 4. The van der Waals surface area contributed by atoms with Crippen LogP contribution in [0.15, 0.2) is 93.2 Å². The fourth-order valence-electron chi connectivity index (χ4n) is 6.41. The summed E-state index contributed by atoms with van der Waals surface area (Å²) in [5.74, 6) is -6.41. The Kier molecular flexibility index (Phi) is 15.8. The Morgan fingerprint density at radius 1 is 0.719 bits per heavy atom. The van der Waals surface area contributed by atoms with E-state index in [1.165, 1.54) is 42.8 Å². The number of ether oxygens (including phenoxy) is 3. The quantitative estimate of drug-likeness (QED) is 0.242. The third-order valence-electron chi connectivity index (χ3n) is 9.38. The molecule has 0 aromatic heterocycles. The first-order valence-corrected chi connectivity index (χ1v) is 18.9. The summed E-state index contributed by atoms with van der Waals surface area (Å²) in [6.07, 6.45) is 6.84. The average Bonchev–Trinajstić information content (AvgIpc) is 3.09. The second-order valence-corrected chi connectivity index (χ2v) is 15.8. The number of nitrogens with zero attached hydrogens (tertiary/aromatic N) is 4. The van der Waals surface area contributed by atoms with Gasteiger partial charge in [-0.25, -0.2) is 37.7 Å². The number of amidine groups is 2. The molecule has 6 rings (SSSR count). The molecule has 0 amide bonds. The van der Waals surface area contributed by atoms with Gasteiger partial charge in [-0.2, -0.15) is 0 Å². The number of alkyl halides is 4. The lowest BCUT2D eigenvalue weighted by molar-refractivity contribution is -0.0888. The minimum absolute atomic E-state index is 0. The molecule has 0 unspecified atom stereocenters. The van der Waals surface area contributed by atoms with Crippen LogP contribution in [0.3, 0.4) is 0 Å². The maximum atomic E-state index is 15.2. The summed E-state index contributed by atoms with van der Waals surface area (Å²) >= 11 is 18.2. The van der Waals surface area contributed by atoms with Crippen molar-refractivity contribution in [1.29, 1.82) is 0 Å². The summed E-state index contributed by atoms with van der Waals surface area (Å²) in [5.41, 5.74) is -2.32. The first-order chi connectivity index (χ1) is 26.0. The molecule has 0 saturated heterocycles. The Balaban J connectivity index is 0.000000269. The number of aliphatic imine (C=N–C) groups is 2. The maximum Gasteiger partial charge on any atom is 0.261 e. The maximum absolute atomic E-state index is 15.2. The Bertz CT molecular complexity index is 1960. The van der Waals surface area contributed by atoms with Crippen molar-refractivity contribution < 1.29 is 42.2 Å². The van der Waals surface area contributed by atoms with Crippen LogP contribution < -0.4 is 0 Å². The first-order valence-electron chi connectivity index (χ1n) is 17.7. The lowest BCUT2D eigenvalue weighted by Gasteiger charge is -2.45. The number of allylic oxidation sites excluding steroid dienone is 4. The van der Waals surface area contributed by atoms with E-state index in [1.54, 1.807) is 59.1 Å². The number of benzene rings is 2. The highest BCUT2D eigenvalue weighted by atomic mass is 35.5. The van der Waals surface area contributed by atoms with Gasteiger partial charge in [0.15, 0.2) is 11.7 Å². The van der Waals surface area contributed by atoms with E-state index in [0.29, 0.717) is 32.6 Å². The predicted molar refractivity (Wildman–Crippen MR) is 219 cm³/mol. The molecular formula is C41H51Cl3F4N4O5. The van der Waals surface area contributed by atoms with Crippen LogP contribution in [0.5, 0.6) is 0 Å². The van der Waals surface area contributed by atoms with E-state index in [1.807, 2.05) is 13.8 Å². The van der Waals surface area contributed by atoms with Gasteiger partial charge in [0.1, 0.15) is 10.8 Å². The largest absolute Gasteiger partial charge is 0.382 e. The summed E-state index contributed by atoms with van der Waals surface area (Å²) in [6.45, 7) is 12.2. The standard InChI is InChI=1S/C18H18Cl2F2N2O2.C18H19ClF2N2O2.C4H10O.CH4/c1-10(2)26-9-18(17(3,21)22)13-6-11(19)4-5-15(13)23-16-14(18)7-12(20)8-24(16)25;1-11(2)25-10-18(17(3,20)21)13-5-4-8-23(24)16(13)22-15-7-6-12(19)9-14(15)18;1-4(2)5-3;/h4-8,10,25H,9H2,1-3H3;4-9,11,24H,10H2,1-3H3;4H,1-3H3;1H4/t2*18-;;/m10../s1. The van der Waals surface area contributed by atoms with Crippen LogP contribution in [0.2, 0.25) is 10.0 Å². The molecule has 2 aromatic carbocycles. The van der Waals surface area contributed by atoms with Crippen molar-refractivity contribution in [1.82, 2.24) is 10.1 Å². The van der Waals surface area contributed by atoms with Crippen molar-refractivity contribution in [3.05, 3.63) is 104 Å². The molecule has 314 valence electrons. The Morgan fingerprint density at radius 3 is 1.54 bits per heavy atom. The molecule has 57 heavy (non-hydrogen) atoms. The summed E-state index contributed by atoms with van der Waals surface area (Å²) in [5, 5.41) is 22.5. The van der Waals surface area contributed by atoms with Crippen LogP contribution in [0, 0.1) is 0 Å². The topological polar surface area (TPSA) is 99.4 Å². The first kappa shape index (κ1) is 48.1. The molecular weight excluding hydrogens is 811 g/mol. The van der Waals surface area contributed by atoms with E-state index in [9.17, 15) is 10.4 Å². The summed E-state index contributed by atoms with van der Waals surface area (Å²) in [4.78, 5) is 8.68. The van der Waals surface area contributed by atoms with E-state index in [4.69, 9.17) is 49.0 Å². The Labute approximate surface area is 347 Å². The van der Waals surface area contributed by atoms with Gasteiger partial charge < -0.3 is 14.2 Å². The molecule has 0 saturated carbocycles. The highest BCUT2D eigenvalue weighted by Crippen LogP contribution is 2.55. The summed E-state index contributed by atoms with van der Waals surface area (Å²) in [7, 11) is 1.70. The van der Waals surface area contributed by atoms with Gasteiger partial charge >= 0.3 is 0 Å². The Morgan fingerprint density at radius 2 is 1.14 bits per heavy atom. The second kappa shape index (κ2) is 18.8. The molecule has 4 aliphatic rings. The predicted octanol–water partition coefficient (Wildman–Crippen LogP) is 11.9. The van der Waals surface area contributed by atoms with Gasteiger partial charge in [-0.05, 0) is 101 Å². The van der Waals surface area contributed by atoms with Crippen molar-refractivity contribution in [2.45, 2.75) is 104 Å². The van der Waals surface area contributed by atoms with Gasteiger partial charge in [0.05, 0.1) is 54.1 Å². The molecule has 0 bridgehead atoms. The number of hydrogen-bond donors (Lipinski definition) is 2. The Hall–Kier alpha value is -3.27. The number of halogens is 7. The third kappa shape index (κ3) is 9.96. The molecule has 2 atom stereocenters. The van der Waals surface area contributed by atoms with Crippen LogP contribution in [0.4, 0.5) is 28.9 Å². The lowest BCUT2D eigenvalue weighted by Crippen LogP contribution is -2.54. The molecule has 4 heterocycles. The molecule has 0 spiro atoms. The van der Waals surface area contributed by atoms with Gasteiger partial charge in [-0.15, -0.1) is 0 Å². The normalized spacial score (nSPS) is 21.0. The van der Waals surface area contributed by atoms with Crippen molar-refractivity contribution in [3.8, 4) is 0 Å². The van der Waals surface area contributed by atoms with Crippen LogP contribution in [-0.2, 0) is 25.0 Å². The molecule has 9 nitrogen and oxygen atoms in total. The molecule has 0 fully saturated rings. The second-order valence-electron chi connectivity index (χ2n) is 14.5. The average molecular weight is 862 g/mol. The SMILES string of the molecule is C.CC(C)OC[C@]1(C(C)(F)F)C2=CC(Cl)=CN(O)C2=Nc2ccc(Cl)cc21.CC(C)OC[C@]1(C(C)(F)F)C2=CC=CN(O)C2=Nc2ccc(Cl)cc21.COC(C)C. The van der Waals surface area contributed by atoms with Crippen molar-refractivity contribution in [3.63, 3.8) is 0 Å². The zero-order valence-electron chi connectivity index (χ0n) is 32.6. The molecule has 4 aliphatic heterocycles. The van der Waals surface area contributed by atoms with Gasteiger partial charge in [0.2, 0.25) is 0 Å². The fourth-order valence-corrected chi connectivity index (χ4v) is 6.95. The van der Waals surface area contributed by atoms with Gasteiger partial charge in [0.25, 0.3) is 11.8 Å². The van der Waals surface area contributed by atoms with E-state index < -0.39 is 22.7 Å². The van der Waals surface area contributed by atoms with E-state index in [0.717, 1.165) is 18.9 Å². The minimum Gasteiger partial charge on any atom is -0.382 e. The minimum atomic E-state index is -3.26. The lowest BCUT2D eigenvalue weighted by atomic mass is 9.67. The monoisotopic (exact) mass is 860 g/mol. The van der Waals surface area contributed by atoms with Gasteiger partial charge in [0, 0.05) is 48.3 Å². The zero-order chi connectivity index (χ0) is 42.0. The highest BCUT2D eigenvalue weighted by Gasteiger charge is 2.60. The summed E-state index contributed by atoms with van der Waals surface area (Å²) in [6, 6.07) is 9.23. The van der Waals surface area contributed by atoms with E-state index in [2.05, 4.69) is 9.98 Å². The summed E-state index contributed by atoms with van der Waals surface area (Å²) < 4.78 is 76.5.